The molecule has 0 aliphatic carbocycles. The average molecular weight is 308 g/mol. The fraction of sp³-hybridized carbons (Fsp3) is 0.400. The molecule has 0 saturated carbocycles. The zero-order valence-corrected chi connectivity index (χ0v) is 11.5. The molecule has 1 aliphatic heterocycles. The summed E-state index contributed by atoms with van der Waals surface area (Å²) in [5.41, 5.74) is -0.281. The lowest BCUT2D eigenvalue weighted by Gasteiger charge is -2.17. The zero-order chi connectivity index (χ0) is 14.1. The molecule has 9 heteroatoms. The van der Waals surface area contributed by atoms with Crippen LogP contribution in [-0.2, 0) is 20.4 Å². The number of benzene rings is 1. The van der Waals surface area contributed by atoms with Crippen LogP contribution in [0.25, 0.3) is 0 Å². The van der Waals surface area contributed by atoms with Gasteiger partial charge in [0.15, 0.2) is 0 Å². The van der Waals surface area contributed by atoms with Crippen LogP contribution >= 0.6 is 0 Å². The predicted octanol–water partition coefficient (Wildman–Crippen LogP) is 1.10. The molecule has 0 radical (unpaired) electrons. The molecule has 6 nitrogen and oxygen atoms in total. The molecule has 19 heavy (non-hydrogen) atoms. The van der Waals surface area contributed by atoms with Gasteiger partial charge in [0.1, 0.15) is 4.90 Å². The van der Waals surface area contributed by atoms with Crippen LogP contribution in [0.5, 0.6) is 0 Å². The summed E-state index contributed by atoms with van der Waals surface area (Å²) in [6.45, 7) is 0.750. The molecule has 0 spiro atoms. The molecule has 1 heterocycles. The van der Waals surface area contributed by atoms with Gasteiger partial charge in [-0.15, -0.1) is 3.89 Å². The van der Waals surface area contributed by atoms with Crippen molar-refractivity contribution in [1.29, 1.82) is 0 Å². The van der Waals surface area contributed by atoms with E-state index in [1.165, 1.54) is 22.5 Å². The molecule has 1 saturated heterocycles. The maximum Gasteiger partial charge on any atom is 0.334 e. The van der Waals surface area contributed by atoms with Gasteiger partial charge in [-0.2, -0.15) is 21.1 Å². The van der Waals surface area contributed by atoms with Gasteiger partial charge in [0, 0.05) is 13.1 Å². The van der Waals surface area contributed by atoms with E-state index >= 15 is 0 Å². The molecule has 0 amide bonds. The highest BCUT2D eigenvalue weighted by molar-refractivity contribution is 7.90. The number of anilines is 1. The SMILES string of the molecule is O=S(=O)(F)c1ccccc1NS(=O)(=O)N1CCCC1. The van der Waals surface area contributed by atoms with Crippen molar-refractivity contribution in [2.45, 2.75) is 17.7 Å². The van der Waals surface area contributed by atoms with E-state index < -0.39 is 25.3 Å². The standard InChI is InChI=1S/C10H13FN2O4S2/c11-18(14,15)10-6-2-1-5-9(10)12-19(16,17)13-7-3-4-8-13/h1-2,5-6,12H,3-4,7-8H2. The highest BCUT2D eigenvalue weighted by Crippen LogP contribution is 2.25. The summed E-state index contributed by atoms with van der Waals surface area (Å²) in [5, 5.41) is 0. The molecule has 1 aromatic rings. The number of rotatable bonds is 4. The van der Waals surface area contributed by atoms with Crippen LogP contribution in [0.1, 0.15) is 12.8 Å². The Balaban J connectivity index is 2.34. The van der Waals surface area contributed by atoms with Gasteiger partial charge in [-0.05, 0) is 25.0 Å². The molecule has 106 valence electrons. The van der Waals surface area contributed by atoms with Crippen molar-refractivity contribution in [3.8, 4) is 0 Å². The minimum atomic E-state index is -4.97. The Morgan fingerprint density at radius 3 is 2.21 bits per heavy atom. The topological polar surface area (TPSA) is 83.5 Å². The average Bonchev–Trinajstić information content (AvgIpc) is 2.81. The fourth-order valence-electron chi connectivity index (χ4n) is 1.90. The van der Waals surface area contributed by atoms with Gasteiger partial charge in [0.25, 0.3) is 0 Å². The molecular weight excluding hydrogens is 295 g/mol. The number of halogens is 1. The van der Waals surface area contributed by atoms with Crippen LogP contribution < -0.4 is 4.72 Å². The summed E-state index contributed by atoms with van der Waals surface area (Å²) >= 11 is 0. The smallest absolute Gasteiger partial charge is 0.269 e. The molecule has 1 aromatic carbocycles. The summed E-state index contributed by atoms with van der Waals surface area (Å²) in [5.74, 6) is 0. The van der Waals surface area contributed by atoms with Crippen molar-refractivity contribution >= 4 is 26.1 Å². The first-order chi connectivity index (χ1) is 8.81. The maximum atomic E-state index is 13.1. The number of nitrogens with zero attached hydrogens (tertiary/aromatic N) is 1. The third kappa shape index (κ3) is 3.23. The molecule has 1 fully saturated rings. The Kier molecular flexibility index (Phi) is 3.79. The van der Waals surface area contributed by atoms with Gasteiger partial charge in [-0.1, -0.05) is 12.1 Å². The van der Waals surface area contributed by atoms with Gasteiger partial charge >= 0.3 is 20.4 Å². The van der Waals surface area contributed by atoms with E-state index in [1.807, 2.05) is 0 Å². The van der Waals surface area contributed by atoms with Crippen LogP contribution in [0.2, 0.25) is 0 Å². The summed E-state index contributed by atoms with van der Waals surface area (Å²) in [6, 6.07) is 4.97. The van der Waals surface area contributed by atoms with Gasteiger partial charge in [-0.25, -0.2) is 0 Å². The molecule has 0 atom stereocenters. The second-order valence-corrected chi connectivity index (χ2v) is 7.13. The molecular formula is C10H13FN2O4S2. The van der Waals surface area contributed by atoms with Crippen molar-refractivity contribution in [2.75, 3.05) is 17.8 Å². The molecule has 0 bridgehead atoms. The van der Waals surface area contributed by atoms with E-state index in [0.717, 1.165) is 18.9 Å². The van der Waals surface area contributed by atoms with E-state index in [1.54, 1.807) is 0 Å². The van der Waals surface area contributed by atoms with Crippen LogP contribution in [-0.4, -0.2) is 34.2 Å². The lowest BCUT2D eigenvalue weighted by atomic mass is 10.3. The van der Waals surface area contributed by atoms with Crippen LogP contribution in [0, 0.1) is 0 Å². The molecule has 2 rings (SSSR count). The number of nitrogens with one attached hydrogen (secondary N) is 1. The Hall–Kier alpha value is -1.19. The molecule has 1 aliphatic rings. The quantitative estimate of drug-likeness (QED) is 0.844. The minimum absolute atomic E-state index is 0.281. The van der Waals surface area contributed by atoms with Crippen molar-refractivity contribution in [2.24, 2.45) is 0 Å². The van der Waals surface area contributed by atoms with Crippen molar-refractivity contribution in [1.82, 2.24) is 4.31 Å². The Morgan fingerprint density at radius 2 is 1.63 bits per heavy atom. The summed E-state index contributed by atoms with van der Waals surface area (Å²) in [6.07, 6.45) is 1.51. The third-order valence-electron chi connectivity index (χ3n) is 2.79. The Morgan fingerprint density at radius 1 is 1.05 bits per heavy atom. The Bertz CT molecular complexity index is 667. The summed E-state index contributed by atoms with van der Waals surface area (Å²) in [7, 11) is -8.82. The van der Waals surface area contributed by atoms with Gasteiger partial charge in [0.05, 0.1) is 5.69 Å². The zero-order valence-electron chi connectivity index (χ0n) is 9.91. The fourth-order valence-corrected chi connectivity index (χ4v) is 3.91. The van der Waals surface area contributed by atoms with Crippen LogP contribution in [0.15, 0.2) is 29.2 Å². The highest BCUT2D eigenvalue weighted by Gasteiger charge is 2.27. The van der Waals surface area contributed by atoms with E-state index in [2.05, 4.69) is 4.72 Å². The molecule has 0 aromatic heterocycles. The van der Waals surface area contributed by atoms with Crippen molar-refractivity contribution < 1.29 is 20.7 Å². The van der Waals surface area contributed by atoms with Crippen molar-refractivity contribution in [3.05, 3.63) is 24.3 Å². The molecule has 0 unspecified atom stereocenters. The van der Waals surface area contributed by atoms with E-state index in [4.69, 9.17) is 0 Å². The van der Waals surface area contributed by atoms with Crippen LogP contribution in [0.4, 0.5) is 9.57 Å². The van der Waals surface area contributed by atoms with Gasteiger partial charge in [0.2, 0.25) is 0 Å². The first-order valence-corrected chi connectivity index (χ1v) is 8.45. The molecule has 1 N–H and O–H groups in total. The maximum absolute atomic E-state index is 13.1. The third-order valence-corrected chi connectivity index (χ3v) is 5.20. The van der Waals surface area contributed by atoms with Crippen LogP contribution in [0.3, 0.4) is 0 Å². The summed E-state index contributed by atoms with van der Waals surface area (Å²) in [4.78, 5) is -0.683. The van der Waals surface area contributed by atoms with E-state index in [9.17, 15) is 20.7 Å². The van der Waals surface area contributed by atoms with Crippen molar-refractivity contribution in [3.63, 3.8) is 0 Å². The Labute approximate surface area is 111 Å². The number of hydrogen-bond donors (Lipinski definition) is 1. The second kappa shape index (κ2) is 5.06. The normalized spacial score (nSPS) is 17.5. The largest absolute Gasteiger partial charge is 0.334 e. The first kappa shape index (κ1) is 14.2. The van der Waals surface area contributed by atoms with Gasteiger partial charge in [-0.3, -0.25) is 4.72 Å². The van der Waals surface area contributed by atoms with E-state index in [-0.39, 0.29) is 5.69 Å². The highest BCUT2D eigenvalue weighted by atomic mass is 32.3. The first-order valence-electron chi connectivity index (χ1n) is 5.62. The minimum Gasteiger partial charge on any atom is -0.269 e. The predicted molar refractivity (Wildman–Crippen MR) is 68.1 cm³/mol. The second-order valence-electron chi connectivity index (χ2n) is 4.15. The lowest BCUT2D eigenvalue weighted by Crippen LogP contribution is -2.33. The number of hydrogen-bond acceptors (Lipinski definition) is 4. The monoisotopic (exact) mass is 308 g/mol. The number of para-hydroxylation sites is 1. The van der Waals surface area contributed by atoms with E-state index in [0.29, 0.717) is 13.1 Å². The lowest BCUT2D eigenvalue weighted by molar-refractivity contribution is 0.482. The van der Waals surface area contributed by atoms with Gasteiger partial charge < -0.3 is 0 Å². The summed E-state index contributed by atoms with van der Waals surface area (Å²) < 4.78 is 62.2.